The molecule has 0 spiro atoms. The molecule has 1 aromatic heterocycles. The van der Waals surface area contributed by atoms with Crippen LogP contribution >= 0.6 is 22.9 Å². The van der Waals surface area contributed by atoms with Gasteiger partial charge >= 0.3 is 0 Å². The molecule has 0 unspecified atom stereocenters. The summed E-state index contributed by atoms with van der Waals surface area (Å²) in [5.74, 6) is 0.769. The Hall–Kier alpha value is -1.88. The molecular formula is C18H17ClN2OS. The summed E-state index contributed by atoms with van der Waals surface area (Å²) in [4.78, 5) is 5.94. The van der Waals surface area contributed by atoms with Gasteiger partial charge in [0.15, 0.2) is 0 Å². The van der Waals surface area contributed by atoms with Crippen molar-refractivity contribution in [3.8, 4) is 27.6 Å². The van der Waals surface area contributed by atoms with Gasteiger partial charge in [-0.1, -0.05) is 29.8 Å². The molecule has 3 rings (SSSR count). The summed E-state index contributed by atoms with van der Waals surface area (Å²) in [5.41, 5.74) is 9.72. The van der Waals surface area contributed by atoms with Crippen LogP contribution in [0.5, 0.6) is 5.75 Å². The van der Waals surface area contributed by atoms with Crippen LogP contribution in [0, 0.1) is 6.92 Å². The largest absolute Gasteiger partial charge is 0.496 e. The number of aryl methyl sites for hydroxylation is 1. The lowest BCUT2D eigenvalue weighted by atomic mass is 10.1. The number of rotatable bonds is 4. The van der Waals surface area contributed by atoms with Crippen LogP contribution in [0.25, 0.3) is 21.8 Å². The minimum absolute atomic E-state index is 0.521. The monoisotopic (exact) mass is 344 g/mol. The van der Waals surface area contributed by atoms with Gasteiger partial charge in [-0.25, -0.2) is 4.98 Å². The molecule has 0 fully saturated rings. The maximum absolute atomic E-state index is 6.15. The number of halogens is 1. The van der Waals surface area contributed by atoms with Crippen LogP contribution in [0.4, 0.5) is 0 Å². The molecule has 0 saturated carbocycles. The quantitative estimate of drug-likeness (QED) is 0.731. The van der Waals surface area contributed by atoms with Crippen molar-refractivity contribution in [2.45, 2.75) is 13.5 Å². The predicted molar refractivity (Wildman–Crippen MR) is 97.2 cm³/mol. The van der Waals surface area contributed by atoms with Crippen molar-refractivity contribution in [3.63, 3.8) is 0 Å². The Balaban J connectivity index is 2.10. The van der Waals surface area contributed by atoms with Gasteiger partial charge in [-0.2, -0.15) is 0 Å². The lowest BCUT2D eigenvalue weighted by Gasteiger charge is -2.07. The van der Waals surface area contributed by atoms with Crippen LogP contribution in [-0.4, -0.2) is 12.1 Å². The normalized spacial score (nSPS) is 10.8. The second-order valence-electron chi connectivity index (χ2n) is 5.17. The zero-order chi connectivity index (χ0) is 16.4. The number of nitrogens with zero attached hydrogens (tertiary/aromatic N) is 1. The Morgan fingerprint density at radius 3 is 2.78 bits per heavy atom. The first-order chi connectivity index (χ1) is 11.1. The van der Waals surface area contributed by atoms with E-state index in [4.69, 9.17) is 27.1 Å². The zero-order valence-electron chi connectivity index (χ0n) is 13.0. The number of nitrogens with two attached hydrogens (primary N) is 1. The molecule has 1 heterocycles. The van der Waals surface area contributed by atoms with Gasteiger partial charge in [-0.05, 0) is 36.8 Å². The molecule has 0 amide bonds. The second kappa shape index (κ2) is 6.71. The molecule has 0 bridgehead atoms. The highest BCUT2D eigenvalue weighted by Crippen LogP contribution is 2.38. The molecule has 0 radical (unpaired) electrons. The Morgan fingerprint density at radius 1 is 1.22 bits per heavy atom. The minimum atomic E-state index is 0.521. The first kappa shape index (κ1) is 16.0. The summed E-state index contributed by atoms with van der Waals surface area (Å²) < 4.78 is 5.45. The molecular weight excluding hydrogens is 328 g/mol. The molecule has 118 valence electrons. The number of ether oxygens (including phenoxy) is 1. The van der Waals surface area contributed by atoms with E-state index in [1.165, 1.54) is 0 Å². The van der Waals surface area contributed by atoms with Crippen LogP contribution in [0.1, 0.15) is 10.4 Å². The van der Waals surface area contributed by atoms with E-state index in [0.29, 0.717) is 11.6 Å². The number of benzene rings is 2. The molecule has 3 aromatic rings. The van der Waals surface area contributed by atoms with Gasteiger partial charge in [0.2, 0.25) is 0 Å². The predicted octanol–water partition coefficient (Wildman–Crippen LogP) is 4.91. The van der Waals surface area contributed by atoms with E-state index in [9.17, 15) is 0 Å². The van der Waals surface area contributed by atoms with Crippen LogP contribution in [0.2, 0.25) is 5.02 Å². The Morgan fingerprint density at radius 2 is 2.04 bits per heavy atom. The Labute approximate surface area is 144 Å². The van der Waals surface area contributed by atoms with Crippen molar-refractivity contribution in [1.29, 1.82) is 0 Å². The fourth-order valence-corrected chi connectivity index (χ4v) is 3.56. The van der Waals surface area contributed by atoms with Gasteiger partial charge in [0, 0.05) is 27.6 Å². The average Bonchev–Trinajstić information content (AvgIpc) is 2.96. The maximum Gasteiger partial charge on any atom is 0.128 e. The lowest BCUT2D eigenvalue weighted by Crippen LogP contribution is -1.95. The van der Waals surface area contributed by atoms with Gasteiger partial charge in [0.1, 0.15) is 10.8 Å². The van der Waals surface area contributed by atoms with E-state index in [-0.39, 0.29) is 0 Å². The van der Waals surface area contributed by atoms with Gasteiger partial charge in [-0.3, -0.25) is 0 Å². The first-order valence-corrected chi connectivity index (χ1v) is 8.42. The summed E-state index contributed by atoms with van der Waals surface area (Å²) in [6, 6.07) is 13.7. The summed E-state index contributed by atoms with van der Waals surface area (Å²) in [6.07, 6.45) is 0. The van der Waals surface area contributed by atoms with E-state index >= 15 is 0 Å². The van der Waals surface area contributed by atoms with E-state index in [1.807, 2.05) is 30.3 Å². The number of hydrogen-bond acceptors (Lipinski definition) is 4. The Kier molecular flexibility index (Phi) is 4.66. The van der Waals surface area contributed by atoms with Crippen molar-refractivity contribution in [3.05, 3.63) is 57.9 Å². The van der Waals surface area contributed by atoms with E-state index in [2.05, 4.69) is 19.1 Å². The van der Waals surface area contributed by atoms with E-state index in [1.54, 1.807) is 18.4 Å². The molecule has 0 aliphatic heterocycles. The van der Waals surface area contributed by atoms with Crippen molar-refractivity contribution in [2.24, 2.45) is 5.73 Å². The van der Waals surface area contributed by atoms with Crippen LogP contribution in [0.3, 0.4) is 0 Å². The molecule has 0 atom stereocenters. The summed E-state index contributed by atoms with van der Waals surface area (Å²) in [6.45, 7) is 2.58. The fourth-order valence-electron chi connectivity index (χ4n) is 2.47. The van der Waals surface area contributed by atoms with Gasteiger partial charge in [0.05, 0.1) is 12.8 Å². The summed E-state index contributed by atoms with van der Waals surface area (Å²) >= 11 is 7.80. The topological polar surface area (TPSA) is 48.1 Å². The van der Waals surface area contributed by atoms with Crippen molar-refractivity contribution < 1.29 is 4.74 Å². The molecule has 0 saturated heterocycles. The van der Waals surface area contributed by atoms with Crippen molar-refractivity contribution in [2.75, 3.05) is 7.11 Å². The smallest absolute Gasteiger partial charge is 0.128 e. The number of methoxy groups -OCH3 is 1. The van der Waals surface area contributed by atoms with Gasteiger partial charge in [-0.15, -0.1) is 11.3 Å². The van der Waals surface area contributed by atoms with E-state index < -0.39 is 0 Å². The van der Waals surface area contributed by atoms with Gasteiger partial charge < -0.3 is 10.5 Å². The number of hydrogen-bond donors (Lipinski definition) is 1. The molecule has 3 nitrogen and oxygen atoms in total. The number of aromatic nitrogens is 1. The van der Waals surface area contributed by atoms with Gasteiger partial charge in [0.25, 0.3) is 0 Å². The molecule has 0 aliphatic rings. The third kappa shape index (κ3) is 3.24. The highest BCUT2D eigenvalue weighted by atomic mass is 35.5. The first-order valence-electron chi connectivity index (χ1n) is 7.23. The summed E-state index contributed by atoms with van der Waals surface area (Å²) in [5, 5.41) is 1.63. The van der Waals surface area contributed by atoms with Crippen molar-refractivity contribution in [1.82, 2.24) is 4.98 Å². The molecule has 0 aliphatic carbocycles. The maximum atomic E-state index is 6.15. The minimum Gasteiger partial charge on any atom is -0.496 e. The molecule has 5 heteroatoms. The molecule has 2 N–H and O–H groups in total. The summed E-state index contributed by atoms with van der Waals surface area (Å²) in [7, 11) is 1.65. The van der Waals surface area contributed by atoms with Crippen LogP contribution in [-0.2, 0) is 6.54 Å². The SMILES string of the molecule is COc1ccc(Cl)cc1-c1nc(-c2cccc(CN)c2)sc1C. The van der Waals surface area contributed by atoms with E-state index in [0.717, 1.165) is 38.0 Å². The zero-order valence-corrected chi connectivity index (χ0v) is 14.5. The second-order valence-corrected chi connectivity index (χ2v) is 6.81. The van der Waals surface area contributed by atoms with Crippen molar-refractivity contribution >= 4 is 22.9 Å². The number of thiazole rings is 1. The standard InChI is InChI=1S/C18H17ClN2OS/c1-11-17(15-9-14(19)6-7-16(15)22-2)21-18(23-11)13-5-3-4-12(8-13)10-20/h3-9H,10,20H2,1-2H3. The Bertz CT molecular complexity index is 845. The van der Waals surface area contributed by atoms with Crippen LogP contribution < -0.4 is 10.5 Å². The lowest BCUT2D eigenvalue weighted by molar-refractivity contribution is 0.416. The molecule has 2 aromatic carbocycles. The average molecular weight is 345 g/mol. The third-order valence-corrected chi connectivity index (χ3v) is 4.88. The fraction of sp³-hybridized carbons (Fsp3) is 0.167. The van der Waals surface area contributed by atoms with Crippen LogP contribution in [0.15, 0.2) is 42.5 Å². The molecule has 23 heavy (non-hydrogen) atoms. The third-order valence-electron chi connectivity index (χ3n) is 3.62. The highest BCUT2D eigenvalue weighted by Gasteiger charge is 2.15. The highest BCUT2D eigenvalue weighted by molar-refractivity contribution is 7.15.